The lowest BCUT2D eigenvalue weighted by Gasteiger charge is -2.16. The number of hydrogen-bond acceptors (Lipinski definition) is 2. The van der Waals surface area contributed by atoms with E-state index in [4.69, 9.17) is 5.11 Å². The van der Waals surface area contributed by atoms with Gasteiger partial charge in [-0.2, -0.15) is 0 Å². The van der Waals surface area contributed by atoms with E-state index in [1.165, 1.54) is 12.8 Å². The molecule has 0 radical (unpaired) electrons. The van der Waals surface area contributed by atoms with Crippen LogP contribution >= 0.6 is 15.9 Å². The van der Waals surface area contributed by atoms with Crippen molar-refractivity contribution in [1.82, 2.24) is 0 Å². The van der Waals surface area contributed by atoms with Crippen molar-refractivity contribution in [3.05, 3.63) is 28.2 Å². The predicted octanol–water partition coefficient (Wildman–Crippen LogP) is 3.75. The Bertz CT molecular complexity index is 441. The van der Waals surface area contributed by atoms with E-state index in [1.807, 2.05) is 12.1 Å². The second kappa shape index (κ2) is 4.69. The highest BCUT2D eigenvalue weighted by Gasteiger charge is 2.40. The smallest absolute Gasteiger partial charge is 0.337 e. The first-order chi connectivity index (χ1) is 8.06. The number of aromatic carboxylic acids is 1. The Balaban J connectivity index is 2.12. The third kappa shape index (κ3) is 2.80. The molecule has 0 aromatic heterocycles. The summed E-state index contributed by atoms with van der Waals surface area (Å²) < 4.78 is 0.789. The molecule has 1 aliphatic carbocycles. The Morgan fingerprint density at radius 1 is 1.53 bits per heavy atom. The summed E-state index contributed by atoms with van der Waals surface area (Å²) in [5.74, 6) is -0.893. The number of carboxylic acid groups (broad SMARTS) is 1. The molecule has 1 aromatic carbocycles. The van der Waals surface area contributed by atoms with Crippen LogP contribution in [0.15, 0.2) is 22.7 Å². The molecule has 0 aliphatic heterocycles. The Hall–Kier alpha value is -1.03. The lowest BCUT2D eigenvalue weighted by Crippen LogP contribution is -2.16. The van der Waals surface area contributed by atoms with Gasteiger partial charge in [0.15, 0.2) is 0 Å². The van der Waals surface area contributed by atoms with Gasteiger partial charge in [0, 0.05) is 16.7 Å². The van der Waals surface area contributed by atoms with E-state index in [2.05, 4.69) is 28.2 Å². The van der Waals surface area contributed by atoms with Gasteiger partial charge in [-0.1, -0.05) is 22.9 Å². The fourth-order valence-electron chi connectivity index (χ4n) is 1.96. The number of carbonyl (C=O) groups is 1. The Labute approximate surface area is 109 Å². The first-order valence-corrected chi connectivity index (χ1v) is 6.62. The summed E-state index contributed by atoms with van der Waals surface area (Å²) in [5, 5.41) is 12.4. The van der Waals surface area contributed by atoms with Crippen molar-refractivity contribution in [3.8, 4) is 0 Å². The van der Waals surface area contributed by atoms with Crippen LogP contribution in [-0.4, -0.2) is 17.6 Å². The highest BCUT2D eigenvalue weighted by molar-refractivity contribution is 9.10. The number of carboxylic acids is 1. The number of benzene rings is 1. The molecule has 92 valence electrons. The summed E-state index contributed by atoms with van der Waals surface area (Å²) in [6, 6.07) is 5.32. The fourth-order valence-corrected chi connectivity index (χ4v) is 2.32. The Morgan fingerprint density at radius 3 is 2.76 bits per heavy atom. The summed E-state index contributed by atoms with van der Waals surface area (Å²) in [5.41, 5.74) is 1.44. The number of hydrogen-bond donors (Lipinski definition) is 2. The molecule has 1 aliphatic rings. The van der Waals surface area contributed by atoms with Crippen molar-refractivity contribution in [1.29, 1.82) is 0 Å². The molecule has 1 fully saturated rings. The van der Waals surface area contributed by atoms with Gasteiger partial charge in [0.2, 0.25) is 0 Å². The van der Waals surface area contributed by atoms with Crippen molar-refractivity contribution >= 4 is 27.6 Å². The second-order valence-electron chi connectivity index (χ2n) is 4.70. The number of halogens is 1. The summed E-state index contributed by atoms with van der Waals surface area (Å²) in [7, 11) is 0. The lowest BCUT2D eigenvalue weighted by atomic mass is 10.0. The molecule has 0 heterocycles. The van der Waals surface area contributed by atoms with Gasteiger partial charge in [-0.05, 0) is 42.9 Å². The monoisotopic (exact) mass is 297 g/mol. The minimum Gasteiger partial charge on any atom is -0.478 e. The SMILES string of the molecule is CCC1(CNc2ccc(Br)cc2C(=O)O)CC1. The minimum absolute atomic E-state index is 0.325. The molecule has 0 saturated heterocycles. The fraction of sp³-hybridized carbons (Fsp3) is 0.462. The molecular weight excluding hydrogens is 282 g/mol. The van der Waals surface area contributed by atoms with Crippen LogP contribution in [0.2, 0.25) is 0 Å². The van der Waals surface area contributed by atoms with Crippen LogP contribution < -0.4 is 5.32 Å². The van der Waals surface area contributed by atoms with E-state index in [0.29, 0.717) is 16.7 Å². The topological polar surface area (TPSA) is 49.3 Å². The Morgan fingerprint density at radius 2 is 2.24 bits per heavy atom. The van der Waals surface area contributed by atoms with Gasteiger partial charge in [-0.15, -0.1) is 0 Å². The van der Waals surface area contributed by atoms with Crippen LogP contribution in [0.3, 0.4) is 0 Å². The van der Waals surface area contributed by atoms with Gasteiger partial charge >= 0.3 is 5.97 Å². The van der Waals surface area contributed by atoms with Crippen LogP contribution in [0.5, 0.6) is 0 Å². The first kappa shape index (κ1) is 12.4. The Kier molecular flexibility index (Phi) is 3.43. The van der Waals surface area contributed by atoms with Gasteiger partial charge in [0.1, 0.15) is 0 Å². The molecule has 1 saturated carbocycles. The summed E-state index contributed by atoms with van der Waals surface area (Å²) in [6.45, 7) is 3.06. The van der Waals surface area contributed by atoms with E-state index in [9.17, 15) is 4.79 Å². The van der Waals surface area contributed by atoms with E-state index in [0.717, 1.165) is 17.4 Å². The van der Waals surface area contributed by atoms with E-state index >= 15 is 0 Å². The third-order valence-electron chi connectivity index (χ3n) is 3.57. The molecular formula is C13H16BrNO2. The molecule has 2 rings (SSSR count). The van der Waals surface area contributed by atoms with Crippen LogP contribution in [0, 0.1) is 5.41 Å². The van der Waals surface area contributed by atoms with Gasteiger partial charge < -0.3 is 10.4 Å². The number of rotatable bonds is 5. The second-order valence-corrected chi connectivity index (χ2v) is 5.62. The maximum atomic E-state index is 11.1. The molecule has 0 bridgehead atoms. The minimum atomic E-state index is -0.893. The van der Waals surface area contributed by atoms with E-state index < -0.39 is 5.97 Å². The van der Waals surface area contributed by atoms with Gasteiger partial charge in [-0.25, -0.2) is 4.79 Å². The standard InChI is InChI=1S/C13H16BrNO2/c1-2-13(5-6-13)8-15-11-4-3-9(14)7-10(11)12(16)17/h3-4,7,15H,2,5-6,8H2,1H3,(H,16,17). The van der Waals surface area contributed by atoms with E-state index in [1.54, 1.807) is 6.07 Å². The lowest BCUT2D eigenvalue weighted by molar-refractivity contribution is 0.0698. The first-order valence-electron chi connectivity index (χ1n) is 5.83. The van der Waals surface area contributed by atoms with Crippen molar-refractivity contribution in [2.24, 2.45) is 5.41 Å². The average Bonchev–Trinajstić information content (AvgIpc) is 3.08. The van der Waals surface area contributed by atoms with Crippen LogP contribution in [-0.2, 0) is 0 Å². The molecule has 1 aromatic rings. The molecule has 0 amide bonds. The number of anilines is 1. The van der Waals surface area contributed by atoms with Crippen molar-refractivity contribution in [3.63, 3.8) is 0 Å². The quantitative estimate of drug-likeness (QED) is 0.870. The largest absolute Gasteiger partial charge is 0.478 e. The molecule has 0 unspecified atom stereocenters. The average molecular weight is 298 g/mol. The zero-order valence-corrected chi connectivity index (χ0v) is 11.4. The zero-order chi connectivity index (χ0) is 12.5. The van der Waals surface area contributed by atoms with Crippen LogP contribution in [0.25, 0.3) is 0 Å². The maximum Gasteiger partial charge on any atom is 0.337 e. The van der Waals surface area contributed by atoms with Gasteiger partial charge in [0.05, 0.1) is 5.56 Å². The van der Waals surface area contributed by atoms with Gasteiger partial charge in [0.25, 0.3) is 0 Å². The third-order valence-corrected chi connectivity index (χ3v) is 4.07. The summed E-state index contributed by atoms with van der Waals surface area (Å²) in [6.07, 6.45) is 3.64. The van der Waals surface area contributed by atoms with Crippen LogP contribution in [0.1, 0.15) is 36.5 Å². The molecule has 0 atom stereocenters. The van der Waals surface area contributed by atoms with Crippen molar-refractivity contribution in [2.45, 2.75) is 26.2 Å². The predicted molar refractivity (Wildman–Crippen MR) is 71.5 cm³/mol. The number of nitrogens with one attached hydrogen (secondary N) is 1. The summed E-state index contributed by atoms with van der Waals surface area (Å²) in [4.78, 5) is 11.1. The molecule has 2 N–H and O–H groups in total. The highest BCUT2D eigenvalue weighted by Crippen LogP contribution is 2.48. The van der Waals surface area contributed by atoms with Crippen LogP contribution in [0.4, 0.5) is 5.69 Å². The summed E-state index contributed by atoms with van der Waals surface area (Å²) >= 11 is 3.29. The zero-order valence-electron chi connectivity index (χ0n) is 9.79. The van der Waals surface area contributed by atoms with E-state index in [-0.39, 0.29) is 0 Å². The molecule has 4 heteroatoms. The molecule has 3 nitrogen and oxygen atoms in total. The van der Waals surface area contributed by atoms with Crippen molar-refractivity contribution in [2.75, 3.05) is 11.9 Å². The normalized spacial score (nSPS) is 16.6. The molecule has 0 spiro atoms. The van der Waals surface area contributed by atoms with Gasteiger partial charge in [-0.3, -0.25) is 0 Å². The maximum absolute atomic E-state index is 11.1. The molecule has 17 heavy (non-hydrogen) atoms. The van der Waals surface area contributed by atoms with Crippen molar-refractivity contribution < 1.29 is 9.90 Å². The highest BCUT2D eigenvalue weighted by atomic mass is 79.9.